The highest BCUT2D eigenvalue weighted by Gasteiger charge is 2.22. The number of nitrogens with one attached hydrogen (secondary N) is 2. The van der Waals surface area contributed by atoms with Crippen LogP contribution >= 0.6 is 0 Å². The Kier molecular flexibility index (Phi) is 5.18. The van der Waals surface area contributed by atoms with Crippen molar-refractivity contribution in [2.75, 3.05) is 21.5 Å². The van der Waals surface area contributed by atoms with Gasteiger partial charge in [-0.05, 0) is 61.4 Å². The Morgan fingerprint density at radius 1 is 1.07 bits per heavy atom. The predicted octanol–water partition coefficient (Wildman–Crippen LogP) is 2.88. The van der Waals surface area contributed by atoms with Crippen molar-refractivity contribution in [3.8, 4) is 0 Å². The van der Waals surface area contributed by atoms with E-state index in [0.29, 0.717) is 29.9 Å². The Morgan fingerprint density at radius 2 is 1.74 bits per heavy atom. The van der Waals surface area contributed by atoms with Crippen LogP contribution in [0.1, 0.15) is 25.3 Å². The summed E-state index contributed by atoms with van der Waals surface area (Å²) in [5.41, 5.74) is 2.23. The molecule has 7 nitrogen and oxygen atoms in total. The minimum absolute atomic E-state index is 0.0817. The highest BCUT2D eigenvalue weighted by Crippen LogP contribution is 2.26. The molecule has 0 spiro atoms. The standard InChI is InChI=1S/C19H21N3O4S/c1-13-12-16(20-14(2)23)7-10-18(13)27(25,26)21-15-5-8-17(9-6-15)22-11-3-4-19(22)24/h5-10,12,21H,3-4,11H2,1-2H3,(H,20,23). The number of aryl methyl sites for hydroxylation is 1. The van der Waals surface area contributed by atoms with E-state index in [9.17, 15) is 18.0 Å². The van der Waals surface area contributed by atoms with Gasteiger partial charge in [-0.25, -0.2) is 8.42 Å². The maximum atomic E-state index is 12.7. The van der Waals surface area contributed by atoms with Gasteiger partial charge < -0.3 is 10.2 Å². The number of carbonyl (C=O) groups excluding carboxylic acids is 2. The molecule has 1 aliphatic heterocycles. The number of nitrogens with zero attached hydrogens (tertiary/aromatic N) is 1. The first-order chi connectivity index (χ1) is 12.8. The van der Waals surface area contributed by atoms with Gasteiger partial charge in [-0.2, -0.15) is 0 Å². The summed E-state index contributed by atoms with van der Waals surface area (Å²) in [6.45, 7) is 3.74. The number of hydrogen-bond donors (Lipinski definition) is 2. The van der Waals surface area contributed by atoms with Crippen LogP contribution < -0.4 is 14.9 Å². The zero-order valence-corrected chi connectivity index (χ0v) is 16.0. The number of rotatable bonds is 5. The van der Waals surface area contributed by atoms with Crippen LogP contribution in [0.25, 0.3) is 0 Å². The molecule has 0 bridgehead atoms. The molecule has 0 unspecified atom stereocenters. The molecule has 8 heteroatoms. The Hall–Kier alpha value is -2.87. The summed E-state index contributed by atoms with van der Waals surface area (Å²) >= 11 is 0. The molecular weight excluding hydrogens is 366 g/mol. The highest BCUT2D eigenvalue weighted by atomic mass is 32.2. The van der Waals surface area contributed by atoms with Crippen LogP contribution in [0, 0.1) is 6.92 Å². The summed E-state index contributed by atoms with van der Waals surface area (Å²) in [5, 5.41) is 2.62. The lowest BCUT2D eigenvalue weighted by Crippen LogP contribution is -2.23. The van der Waals surface area contributed by atoms with Crippen molar-refractivity contribution in [1.29, 1.82) is 0 Å². The average molecular weight is 387 g/mol. The molecule has 0 radical (unpaired) electrons. The molecule has 1 fully saturated rings. The number of anilines is 3. The minimum Gasteiger partial charge on any atom is -0.326 e. The van der Waals surface area contributed by atoms with Crippen LogP contribution in [0.4, 0.5) is 17.1 Å². The van der Waals surface area contributed by atoms with Crippen molar-refractivity contribution in [1.82, 2.24) is 0 Å². The number of hydrogen-bond acceptors (Lipinski definition) is 4. The first-order valence-electron chi connectivity index (χ1n) is 8.58. The molecule has 27 heavy (non-hydrogen) atoms. The van der Waals surface area contributed by atoms with Crippen LogP contribution in [-0.2, 0) is 19.6 Å². The third kappa shape index (κ3) is 4.28. The van der Waals surface area contributed by atoms with Crippen LogP contribution in [0.2, 0.25) is 0 Å². The van der Waals surface area contributed by atoms with E-state index in [1.54, 1.807) is 48.2 Å². The van der Waals surface area contributed by atoms with Crippen LogP contribution in [0.3, 0.4) is 0 Å². The van der Waals surface area contributed by atoms with E-state index in [4.69, 9.17) is 0 Å². The lowest BCUT2D eigenvalue weighted by atomic mass is 10.2. The fourth-order valence-corrected chi connectivity index (χ4v) is 4.36. The van der Waals surface area contributed by atoms with Crippen molar-refractivity contribution in [2.24, 2.45) is 0 Å². The molecule has 2 aromatic carbocycles. The van der Waals surface area contributed by atoms with E-state index in [1.807, 2.05) is 0 Å². The number of amides is 2. The fraction of sp³-hybridized carbons (Fsp3) is 0.263. The zero-order chi connectivity index (χ0) is 19.6. The second-order valence-electron chi connectivity index (χ2n) is 6.46. The lowest BCUT2D eigenvalue weighted by Gasteiger charge is -2.16. The lowest BCUT2D eigenvalue weighted by molar-refractivity contribution is -0.117. The van der Waals surface area contributed by atoms with Crippen molar-refractivity contribution in [2.45, 2.75) is 31.6 Å². The Morgan fingerprint density at radius 3 is 2.30 bits per heavy atom. The molecule has 2 aromatic rings. The summed E-state index contributed by atoms with van der Waals surface area (Å²) in [6, 6.07) is 11.4. The Balaban J connectivity index is 1.78. The molecule has 3 rings (SSSR count). The van der Waals surface area contributed by atoms with E-state index in [2.05, 4.69) is 10.0 Å². The molecular formula is C19H21N3O4S. The van der Waals surface area contributed by atoms with Crippen molar-refractivity contribution >= 4 is 38.9 Å². The summed E-state index contributed by atoms with van der Waals surface area (Å²) < 4.78 is 27.9. The molecule has 2 amide bonds. The van der Waals surface area contributed by atoms with Gasteiger partial charge in [-0.3, -0.25) is 14.3 Å². The molecule has 0 aromatic heterocycles. The normalized spacial score (nSPS) is 14.3. The van der Waals surface area contributed by atoms with Gasteiger partial charge in [0.1, 0.15) is 0 Å². The van der Waals surface area contributed by atoms with Gasteiger partial charge in [0.05, 0.1) is 4.90 Å². The topological polar surface area (TPSA) is 95.6 Å². The summed E-state index contributed by atoms with van der Waals surface area (Å²) in [7, 11) is -3.78. The first kappa shape index (κ1) is 18.9. The fourth-order valence-electron chi connectivity index (χ4n) is 3.07. The second-order valence-corrected chi connectivity index (χ2v) is 8.11. The molecule has 1 heterocycles. The van der Waals surface area contributed by atoms with Gasteiger partial charge in [0.15, 0.2) is 0 Å². The number of carbonyl (C=O) groups is 2. The van der Waals surface area contributed by atoms with Crippen molar-refractivity contribution in [3.05, 3.63) is 48.0 Å². The number of benzene rings is 2. The van der Waals surface area contributed by atoms with Gasteiger partial charge in [0.25, 0.3) is 10.0 Å². The monoisotopic (exact) mass is 387 g/mol. The van der Waals surface area contributed by atoms with Gasteiger partial charge in [0.2, 0.25) is 11.8 Å². The van der Waals surface area contributed by atoms with Crippen molar-refractivity contribution < 1.29 is 18.0 Å². The summed E-state index contributed by atoms with van der Waals surface area (Å²) in [4.78, 5) is 24.8. The van der Waals surface area contributed by atoms with Crippen LogP contribution in [-0.4, -0.2) is 26.8 Å². The summed E-state index contributed by atoms with van der Waals surface area (Å²) in [5.74, 6) is -0.141. The zero-order valence-electron chi connectivity index (χ0n) is 15.2. The smallest absolute Gasteiger partial charge is 0.262 e. The van der Waals surface area contributed by atoms with E-state index in [-0.39, 0.29) is 16.7 Å². The van der Waals surface area contributed by atoms with E-state index >= 15 is 0 Å². The Labute approximate surface area is 158 Å². The van der Waals surface area contributed by atoms with Crippen molar-refractivity contribution in [3.63, 3.8) is 0 Å². The largest absolute Gasteiger partial charge is 0.326 e. The predicted molar refractivity (Wildman–Crippen MR) is 104 cm³/mol. The van der Waals surface area contributed by atoms with Gasteiger partial charge in [-0.15, -0.1) is 0 Å². The second kappa shape index (κ2) is 7.40. The van der Waals surface area contributed by atoms with Crippen LogP contribution in [0.5, 0.6) is 0 Å². The average Bonchev–Trinajstić information content (AvgIpc) is 3.00. The molecule has 1 saturated heterocycles. The van der Waals surface area contributed by atoms with Crippen LogP contribution in [0.15, 0.2) is 47.4 Å². The Bertz CT molecular complexity index is 985. The molecule has 0 atom stereocenters. The molecule has 1 aliphatic rings. The highest BCUT2D eigenvalue weighted by molar-refractivity contribution is 7.92. The maximum Gasteiger partial charge on any atom is 0.262 e. The van der Waals surface area contributed by atoms with Gasteiger partial charge in [0, 0.05) is 37.0 Å². The first-order valence-corrected chi connectivity index (χ1v) is 10.1. The SMILES string of the molecule is CC(=O)Nc1ccc(S(=O)(=O)Nc2ccc(N3CCCC3=O)cc2)c(C)c1. The van der Waals surface area contributed by atoms with E-state index < -0.39 is 10.0 Å². The number of sulfonamides is 1. The summed E-state index contributed by atoms with van der Waals surface area (Å²) in [6.07, 6.45) is 1.38. The van der Waals surface area contributed by atoms with E-state index in [0.717, 1.165) is 12.1 Å². The molecule has 0 saturated carbocycles. The molecule has 142 valence electrons. The van der Waals surface area contributed by atoms with Gasteiger partial charge >= 0.3 is 0 Å². The van der Waals surface area contributed by atoms with Gasteiger partial charge in [-0.1, -0.05) is 0 Å². The third-order valence-corrected chi connectivity index (χ3v) is 5.83. The molecule has 2 N–H and O–H groups in total. The quantitative estimate of drug-likeness (QED) is 0.825. The van der Waals surface area contributed by atoms with E-state index in [1.165, 1.54) is 13.0 Å². The maximum absolute atomic E-state index is 12.7. The molecule has 0 aliphatic carbocycles. The third-order valence-electron chi connectivity index (χ3n) is 4.29. The minimum atomic E-state index is -3.78.